The summed E-state index contributed by atoms with van der Waals surface area (Å²) in [6.45, 7) is 9.67. The summed E-state index contributed by atoms with van der Waals surface area (Å²) >= 11 is 0. The normalized spacial score (nSPS) is 18.1. The fourth-order valence-electron chi connectivity index (χ4n) is 3.19. The monoisotopic (exact) mass is 348 g/mol. The molecule has 0 spiro atoms. The second-order valence-electron chi connectivity index (χ2n) is 6.51. The number of nitrogens with one attached hydrogen (secondary N) is 1. The molecule has 7 heteroatoms. The van der Waals surface area contributed by atoms with E-state index in [2.05, 4.69) is 16.3 Å². The fourth-order valence-corrected chi connectivity index (χ4v) is 3.19. The molecule has 25 heavy (non-hydrogen) atoms. The maximum atomic E-state index is 12.5. The van der Waals surface area contributed by atoms with Gasteiger partial charge in [0.2, 0.25) is 5.91 Å². The molecule has 1 aliphatic rings. The van der Waals surface area contributed by atoms with Gasteiger partial charge in [0, 0.05) is 39.0 Å². The molecular weight excluding hydrogens is 320 g/mol. The van der Waals surface area contributed by atoms with Crippen LogP contribution in [0.25, 0.3) is 0 Å². The first-order valence-electron chi connectivity index (χ1n) is 8.70. The van der Waals surface area contributed by atoms with Crippen LogP contribution in [0.1, 0.15) is 30.2 Å². The van der Waals surface area contributed by atoms with Crippen LogP contribution >= 0.6 is 0 Å². The van der Waals surface area contributed by atoms with E-state index in [4.69, 9.17) is 9.47 Å². The molecule has 2 rings (SSSR count). The van der Waals surface area contributed by atoms with Gasteiger partial charge in [0.25, 0.3) is 0 Å². The number of amides is 1. The highest BCUT2D eigenvalue weighted by Crippen LogP contribution is 2.26. The number of aromatic nitrogens is 1. The molecule has 0 aromatic carbocycles. The lowest BCUT2D eigenvalue weighted by Crippen LogP contribution is -2.44. The number of anilines is 1. The van der Waals surface area contributed by atoms with Crippen molar-refractivity contribution < 1.29 is 14.3 Å². The highest BCUT2D eigenvalue weighted by atomic mass is 16.5. The topological polar surface area (TPSA) is 79.5 Å². The van der Waals surface area contributed by atoms with Crippen LogP contribution in [-0.2, 0) is 20.8 Å². The first-order valence-corrected chi connectivity index (χ1v) is 8.70. The van der Waals surface area contributed by atoms with Crippen LogP contribution in [0.15, 0.2) is 0 Å². The Balaban J connectivity index is 2.12. The van der Waals surface area contributed by atoms with Crippen LogP contribution in [0.5, 0.6) is 0 Å². The summed E-state index contributed by atoms with van der Waals surface area (Å²) in [7, 11) is 1.67. The molecule has 0 aliphatic carbocycles. The van der Waals surface area contributed by atoms with E-state index < -0.39 is 0 Å². The second kappa shape index (κ2) is 8.99. The standard InChI is InChI=1S/C18H28N4O3/c1-13-11-21(7-9-25-13)12-17(23)20-18-16(10-19)14(2)15(3)22(18)6-5-8-24-4/h13H,5-9,11-12H2,1-4H3,(H,20,23)/t13-/m0/s1. The van der Waals surface area contributed by atoms with E-state index >= 15 is 0 Å². The van der Waals surface area contributed by atoms with Crippen LogP contribution in [-0.4, -0.2) is 61.4 Å². The Hall–Kier alpha value is -1.88. The van der Waals surface area contributed by atoms with Gasteiger partial charge in [-0.2, -0.15) is 5.26 Å². The first kappa shape index (κ1) is 19.4. The van der Waals surface area contributed by atoms with Crippen molar-refractivity contribution in [1.29, 1.82) is 5.26 Å². The van der Waals surface area contributed by atoms with Crippen molar-refractivity contribution in [3.8, 4) is 6.07 Å². The maximum Gasteiger partial charge on any atom is 0.239 e. The third-order valence-electron chi connectivity index (χ3n) is 4.62. The number of methoxy groups -OCH3 is 1. The minimum atomic E-state index is -0.101. The Morgan fingerprint density at radius 2 is 2.24 bits per heavy atom. The van der Waals surface area contributed by atoms with Gasteiger partial charge >= 0.3 is 0 Å². The highest BCUT2D eigenvalue weighted by molar-refractivity contribution is 5.93. The molecule has 0 unspecified atom stereocenters. The summed E-state index contributed by atoms with van der Waals surface area (Å²) in [6, 6.07) is 2.23. The van der Waals surface area contributed by atoms with Gasteiger partial charge in [-0.3, -0.25) is 9.69 Å². The molecule has 1 N–H and O–H groups in total. The minimum absolute atomic E-state index is 0.101. The van der Waals surface area contributed by atoms with Crippen molar-refractivity contribution in [2.24, 2.45) is 0 Å². The SMILES string of the molecule is COCCCn1c(C)c(C)c(C#N)c1NC(=O)CN1CCO[C@@H](C)C1. The van der Waals surface area contributed by atoms with Crippen LogP contribution in [0, 0.1) is 25.2 Å². The lowest BCUT2D eigenvalue weighted by atomic mass is 10.2. The number of nitrogens with zero attached hydrogens (tertiary/aromatic N) is 3. The largest absolute Gasteiger partial charge is 0.385 e. The van der Waals surface area contributed by atoms with Crippen molar-refractivity contribution in [2.45, 2.75) is 39.8 Å². The smallest absolute Gasteiger partial charge is 0.239 e. The summed E-state index contributed by atoms with van der Waals surface area (Å²) in [5.41, 5.74) is 2.46. The van der Waals surface area contributed by atoms with Gasteiger partial charge in [-0.05, 0) is 32.8 Å². The van der Waals surface area contributed by atoms with Gasteiger partial charge in [0.1, 0.15) is 11.9 Å². The Labute approximate surface area is 149 Å². The molecule has 1 aromatic rings. The predicted molar refractivity (Wildman–Crippen MR) is 95.6 cm³/mol. The van der Waals surface area contributed by atoms with Gasteiger partial charge in [-0.25, -0.2) is 0 Å². The number of carbonyl (C=O) groups is 1. The molecule has 0 radical (unpaired) electrons. The van der Waals surface area contributed by atoms with E-state index in [0.717, 1.165) is 30.8 Å². The van der Waals surface area contributed by atoms with Crippen LogP contribution in [0.4, 0.5) is 5.82 Å². The number of rotatable bonds is 7. The molecule has 1 aliphatic heterocycles. The van der Waals surface area contributed by atoms with E-state index in [1.165, 1.54) is 0 Å². The molecule has 0 bridgehead atoms. The molecular formula is C18H28N4O3. The zero-order valence-corrected chi connectivity index (χ0v) is 15.6. The van der Waals surface area contributed by atoms with Gasteiger partial charge in [-0.1, -0.05) is 0 Å². The summed E-state index contributed by atoms with van der Waals surface area (Å²) in [6.07, 6.45) is 0.957. The van der Waals surface area contributed by atoms with Crippen molar-refractivity contribution >= 4 is 11.7 Å². The summed E-state index contributed by atoms with van der Waals surface area (Å²) in [5.74, 6) is 0.496. The first-order chi connectivity index (χ1) is 12.0. The number of hydrogen-bond acceptors (Lipinski definition) is 5. The van der Waals surface area contributed by atoms with E-state index in [0.29, 0.717) is 37.7 Å². The van der Waals surface area contributed by atoms with Crippen molar-refractivity contribution in [3.05, 3.63) is 16.8 Å². The number of nitriles is 1. The quantitative estimate of drug-likeness (QED) is 0.758. The van der Waals surface area contributed by atoms with Crippen LogP contribution in [0.3, 0.4) is 0 Å². The molecule has 1 amide bonds. The zero-order valence-electron chi connectivity index (χ0n) is 15.6. The van der Waals surface area contributed by atoms with Crippen molar-refractivity contribution in [3.63, 3.8) is 0 Å². The third-order valence-corrected chi connectivity index (χ3v) is 4.62. The van der Waals surface area contributed by atoms with E-state index in [-0.39, 0.29) is 12.0 Å². The summed E-state index contributed by atoms with van der Waals surface area (Å²) in [5, 5.41) is 12.5. The maximum absolute atomic E-state index is 12.5. The van der Waals surface area contributed by atoms with Crippen LogP contribution in [0.2, 0.25) is 0 Å². The Kier molecular flexibility index (Phi) is 7.00. The Morgan fingerprint density at radius 1 is 1.48 bits per heavy atom. The molecule has 2 heterocycles. The average molecular weight is 348 g/mol. The van der Waals surface area contributed by atoms with Crippen molar-refractivity contribution in [2.75, 3.05) is 45.3 Å². The number of morpholine rings is 1. The lowest BCUT2D eigenvalue weighted by molar-refractivity contribution is -0.119. The molecule has 7 nitrogen and oxygen atoms in total. The van der Waals surface area contributed by atoms with E-state index in [1.807, 2.05) is 25.3 Å². The predicted octanol–water partition coefficient (Wildman–Crippen LogP) is 1.67. The molecule has 1 fully saturated rings. The summed E-state index contributed by atoms with van der Waals surface area (Å²) < 4.78 is 12.6. The molecule has 138 valence electrons. The average Bonchev–Trinajstić information content (AvgIpc) is 2.79. The van der Waals surface area contributed by atoms with Crippen LogP contribution < -0.4 is 5.32 Å². The van der Waals surface area contributed by atoms with Gasteiger partial charge in [0.05, 0.1) is 24.8 Å². The summed E-state index contributed by atoms with van der Waals surface area (Å²) in [4.78, 5) is 14.6. The zero-order chi connectivity index (χ0) is 18.4. The second-order valence-corrected chi connectivity index (χ2v) is 6.51. The molecule has 0 saturated carbocycles. The lowest BCUT2D eigenvalue weighted by Gasteiger charge is -2.30. The van der Waals surface area contributed by atoms with Gasteiger partial charge < -0.3 is 19.4 Å². The fraction of sp³-hybridized carbons (Fsp3) is 0.667. The van der Waals surface area contributed by atoms with Crippen molar-refractivity contribution in [1.82, 2.24) is 9.47 Å². The van der Waals surface area contributed by atoms with Gasteiger partial charge in [-0.15, -0.1) is 0 Å². The Bertz CT molecular complexity index is 648. The number of carbonyl (C=O) groups excluding carboxylic acids is 1. The Morgan fingerprint density at radius 3 is 2.88 bits per heavy atom. The molecule has 1 saturated heterocycles. The highest BCUT2D eigenvalue weighted by Gasteiger charge is 2.22. The minimum Gasteiger partial charge on any atom is -0.385 e. The van der Waals surface area contributed by atoms with E-state index in [1.54, 1.807) is 7.11 Å². The number of ether oxygens (including phenoxy) is 2. The number of hydrogen-bond donors (Lipinski definition) is 1. The third kappa shape index (κ3) is 4.82. The molecule has 1 atom stereocenters. The molecule has 1 aromatic heterocycles. The van der Waals surface area contributed by atoms with E-state index in [9.17, 15) is 10.1 Å². The van der Waals surface area contributed by atoms with Gasteiger partial charge in [0.15, 0.2) is 0 Å².